The van der Waals surface area contributed by atoms with Gasteiger partial charge in [0, 0.05) is 32.8 Å². The Bertz CT molecular complexity index is 266. The fourth-order valence-electron chi connectivity index (χ4n) is 1.54. The third-order valence-corrected chi connectivity index (χ3v) is 4.28. The van der Waals surface area contributed by atoms with E-state index in [1.165, 1.54) is 7.11 Å². The number of methoxy groups -OCH3 is 1. The lowest BCUT2D eigenvalue weighted by Gasteiger charge is -2.32. The van der Waals surface area contributed by atoms with Gasteiger partial charge in [0.25, 0.3) is 0 Å². The van der Waals surface area contributed by atoms with Crippen LogP contribution in [0.5, 0.6) is 0 Å². The molecule has 1 N–H and O–H groups in total. The van der Waals surface area contributed by atoms with Gasteiger partial charge in [0.15, 0.2) is 0 Å². The van der Waals surface area contributed by atoms with Crippen molar-refractivity contribution in [2.45, 2.75) is 13.0 Å². The van der Waals surface area contributed by atoms with Crippen molar-refractivity contribution in [3.05, 3.63) is 0 Å². The highest BCUT2D eigenvalue weighted by atomic mass is 32.2. The number of ether oxygens (including phenoxy) is 1. The van der Waals surface area contributed by atoms with Crippen LogP contribution in [0, 0.1) is 0 Å². The Morgan fingerprint density at radius 1 is 1.57 bits per heavy atom. The molecule has 0 saturated carbocycles. The minimum Gasteiger partial charge on any atom is -0.384 e. The first kappa shape index (κ1) is 11.9. The summed E-state index contributed by atoms with van der Waals surface area (Å²) in [6.45, 7) is 4.20. The van der Waals surface area contributed by atoms with Crippen LogP contribution in [0.1, 0.15) is 6.92 Å². The molecular weight excluding hydrogens is 204 g/mol. The predicted molar refractivity (Wildman–Crippen MR) is 54.7 cm³/mol. The minimum atomic E-state index is -3.13. The van der Waals surface area contributed by atoms with Gasteiger partial charge in [0.05, 0.1) is 12.4 Å². The number of nitrogens with zero attached hydrogens (tertiary/aromatic N) is 1. The number of nitrogens with one attached hydrogen (secondary N) is 1. The lowest BCUT2D eigenvalue weighted by molar-refractivity contribution is 0.213. The van der Waals surface area contributed by atoms with Crippen molar-refractivity contribution in [3.63, 3.8) is 0 Å². The molecule has 1 aliphatic heterocycles. The van der Waals surface area contributed by atoms with E-state index in [-0.39, 0.29) is 18.4 Å². The van der Waals surface area contributed by atoms with E-state index in [4.69, 9.17) is 4.74 Å². The molecule has 0 aromatic carbocycles. The molecule has 1 fully saturated rings. The molecule has 0 aromatic rings. The molecule has 14 heavy (non-hydrogen) atoms. The zero-order valence-electron chi connectivity index (χ0n) is 8.69. The highest BCUT2D eigenvalue weighted by Crippen LogP contribution is 2.09. The summed E-state index contributed by atoms with van der Waals surface area (Å²) in [5.74, 6) is 0.0772. The van der Waals surface area contributed by atoms with Crippen molar-refractivity contribution < 1.29 is 13.2 Å². The van der Waals surface area contributed by atoms with Crippen LogP contribution < -0.4 is 5.32 Å². The lowest BCUT2D eigenvalue weighted by Crippen LogP contribution is -2.53. The Morgan fingerprint density at radius 3 is 2.86 bits per heavy atom. The molecule has 0 aromatic heterocycles. The molecule has 1 heterocycles. The molecule has 0 aliphatic carbocycles. The van der Waals surface area contributed by atoms with Crippen molar-refractivity contribution in [2.24, 2.45) is 0 Å². The number of hydrogen-bond acceptors (Lipinski definition) is 4. The van der Waals surface area contributed by atoms with Crippen LogP contribution in [-0.4, -0.2) is 57.9 Å². The average molecular weight is 222 g/mol. The first-order chi connectivity index (χ1) is 6.58. The Labute approximate surface area is 85.5 Å². The summed E-state index contributed by atoms with van der Waals surface area (Å²) in [7, 11) is -1.62. The van der Waals surface area contributed by atoms with Gasteiger partial charge in [-0.15, -0.1) is 0 Å². The van der Waals surface area contributed by atoms with Crippen LogP contribution in [0.2, 0.25) is 0 Å². The molecule has 1 unspecified atom stereocenters. The van der Waals surface area contributed by atoms with Crippen LogP contribution in [0.25, 0.3) is 0 Å². The first-order valence-corrected chi connectivity index (χ1v) is 6.38. The largest absolute Gasteiger partial charge is 0.384 e. The zero-order chi connectivity index (χ0) is 10.6. The molecule has 0 bridgehead atoms. The van der Waals surface area contributed by atoms with Crippen LogP contribution in [0.3, 0.4) is 0 Å². The maximum absolute atomic E-state index is 11.8. The second-order valence-corrected chi connectivity index (χ2v) is 5.51. The fourth-order valence-corrected chi connectivity index (χ4v) is 3.15. The van der Waals surface area contributed by atoms with Crippen LogP contribution in [0.4, 0.5) is 0 Å². The second-order valence-electron chi connectivity index (χ2n) is 3.47. The molecule has 0 spiro atoms. The maximum Gasteiger partial charge on any atom is 0.216 e. The molecule has 1 rings (SSSR count). The van der Waals surface area contributed by atoms with Crippen LogP contribution in [-0.2, 0) is 14.8 Å². The van der Waals surface area contributed by atoms with Crippen LogP contribution >= 0.6 is 0 Å². The third kappa shape index (κ3) is 2.91. The van der Waals surface area contributed by atoms with Gasteiger partial charge in [-0.1, -0.05) is 0 Å². The van der Waals surface area contributed by atoms with Crippen molar-refractivity contribution in [3.8, 4) is 0 Å². The number of hydrogen-bond donors (Lipinski definition) is 1. The summed E-state index contributed by atoms with van der Waals surface area (Å²) >= 11 is 0. The van der Waals surface area contributed by atoms with Gasteiger partial charge in [0.1, 0.15) is 0 Å². The number of rotatable bonds is 4. The van der Waals surface area contributed by atoms with Crippen molar-refractivity contribution in [1.29, 1.82) is 0 Å². The van der Waals surface area contributed by atoms with E-state index in [1.54, 1.807) is 4.31 Å². The smallest absolute Gasteiger partial charge is 0.216 e. The van der Waals surface area contributed by atoms with Gasteiger partial charge < -0.3 is 10.1 Å². The van der Waals surface area contributed by atoms with Gasteiger partial charge in [-0.25, -0.2) is 8.42 Å². The van der Waals surface area contributed by atoms with E-state index in [1.807, 2.05) is 6.92 Å². The second kappa shape index (κ2) is 5.06. The summed E-state index contributed by atoms with van der Waals surface area (Å²) in [6, 6.07) is 0.0469. The molecule has 1 atom stereocenters. The van der Waals surface area contributed by atoms with E-state index in [2.05, 4.69) is 5.32 Å². The first-order valence-electron chi connectivity index (χ1n) is 4.77. The average Bonchev–Trinajstić information content (AvgIpc) is 2.15. The Morgan fingerprint density at radius 2 is 2.29 bits per heavy atom. The molecule has 5 nitrogen and oxygen atoms in total. The standard InChI is InChI=1S/C8H18N2O3S/c1-8-7-9-3-4-10(8)14(11,12)6-5-13-2/h8-9H,3-7H2,1-2H3. The Hall–Kier alpha value is -0.170. The normalized spacial score (nSPS) is 25.1. The van der Waals surface area contributed by atoms with Crippen molar-refractivity contribution in [2.75, 3.05) is 39.1 Å². The summed E-state index contributed by atoms with van der Waals surface area (Å²) in [6.07, 6.45) is 0. The lowest BCUT2D eigenvalue weighted by atomic mass is 10.3. The zero-order valence-corrected chi connectivity index (χ0v) is 9.51. The Balaban J connectivity index is 2.60. The summed E-state index contributed by atoms with van der Waals surface area (Å²) in [4.78, 5) is 0. The van der Waals surface area contributed by atoms with E-state index in [0.29, 0.717) is 6.54 Å². The highest BCUT2D eigenvalue weighted by molar-refractivity contribution is 7.89. The molecule has 6 heteroatoms. The number of sulfonamides is 1. The third-order valence-electron chi connectivity index (χ3n) is 2.34. The SMILES string of the molecule is COCCS(=O)(=O)N1CCNCC1C. The molecule has 0 radical (unpaired) electrons. The van der Waals surface area contributed by atoms with Crippen LogP contribution in [0.15, 0.2) is 0 Å². The quantitative estimate of drug-likeness (QED) is 0.680. The topological polar surface area (TPSA) is 58.6 Å². The molecule has 1 saturated heterocycles. The predicted octanol–water partition coefficient (Wildman–Crippen LogP) is -0.744. The van der Waals surface area contributed by atoms with Gasteiger partial charge >= 0.3 is 0 Å². The summed E-state index contributed by atoms with van der Waals surface area (Å²) in [5.41, 5.74) is 0. The monoisotopic (exact) mass is 222 g/mol. The molecule has 84 valence electrons. The van der Waals surface area contributed by atoms with Gasteiger partial charge in [-0.2, -0.15) is 4.31 Å². The van der Waals surface area contributed by atoms with Crippen molar-refractivity contribution in [1.82, 2.24) is 9.62 Å². The minimum absolute atomic E-state index is 0.0469. The fraction of sp³-hybridized carbons (Fsp3) is 1.00. The Kier molecular flexibility index (Phi) is 4.31. The molecular formula is C8H18N2O3S. The van der Waals surface area contributed by atoms with E-state index in [0.717, 1.165) is 13.1 Å². The van der Waals surface area contributed by atoms with Gasteiger partial charge in [-0.05, 0) is 6.92 Å². The molecule has 1 aliphatic rings. The van der Waals surface area contributed by atoms with Crippen molar-refractivity contribution >= 4 is 10.0 Å². The van der Waals surface area contributed by atoms with Gasteiger partial charge in [-0.3, -0.25) is 0 Å². The highest BCUT2D eigenvalue weighted by Gasteiger charge is 2.28. The maximum atomic E-state index is 11.8. The van der Waals surface area contributed by atoms with E-state index in [9.17, 15) is 8.42 Å². The number of piperazine rings is 1. The van der Waals surface area contributed by atoms with Gasteiger partial charge in [0.2, 0.25) is 10.0 Å². The van der Waals surface area contributed by atoms with E-state index >= 15 is 0 Å². The molecule has 0 amide bonds. The summed E-state index contributed by atoms with van der Waals surface area (Å²) < 4.78 is 29.9. The summed E-state index contributed by atoms with van der Waals surface area (Å²) in [5, 5.41) is 3.16. The van der Waals surface area contributed by atoms with E-state index < -0.39 is 10.0 Å².